The molecular formula is C6H4F6O3. The van der Waals surface area contributed by atoms with E-state index in [9.17, 15) is 31.1 Å². The van der Waals surface area contributed by atoms with E-state index in [1.807, 2.05) is 0 Å². The van der Waals surface area contributed by atoms with E-state index in [-0.39, 0.29) is 0 Å². The smallest absolute Gasteiger partial charge is 0.411 e. The normalized spacial score (nSPS) is 12.5. The SMILES string of the molecule is C=COC(=O)OC(C(F)(F)F)C(F)(F)F. The van der Waals surface area contributed by atoms with E-state index in [1.54, 1.807) is 0 Å². The Hall–Kier alpha value is -1.41. The summed E-state index contributed by atoms with van der Waals surface area (Å²) in [4.78, 5) is 10.2. The first-order valence-electron chi connectivity index (χ1n) is 3.20. The van der Waals surface area contributed by atoms with Crippen molar-refractivity contribution in [1.82, 2.24) is 0 Å². The summed E-state index contributed by atoms with van der Waals surface area (Å²) in [7, 11) is 0. The number of hydrogen-bond donors (Lipinski definition) is 0. The van der Waals surface area contributed by atoms with Crippen LogP contribution in [0.2, 0.25) is 0 Å². The summed E-state index contributed by atoms with van der Waals surface area (Å²) in [6.07, 6.45) is -17.5. The summed E-state index contributed by atoms with van der Waals surface area (Å²) in [5, 5.41) is 0. The molecule has 0 aromatic carbocycles. The van der Waals surface area contributed by atoms with Gasteiger partial charge in [-0.1, -0.05) is 6.58 Å². The standard InChI is InChI=1S/C6H4F6O3/c1-2-14-4(13)15-3(5(7,8)9)6(10,11)12/h2-3H,1H2. The fourth-order valence-electron chi connectivity index (χ4n) is 0.511. The maximum atomic E-state index is 11.7. The number of ether oxygens (including phenoxy) is 2. The highest BCUT2D eigenvalue weighted by molar-refractivity contribution is 5.61. The average Bonchev–Trinajstić information content (AvgIpc) is 1.96. The Morgan fingerprint density at radius 2 is 1.53 bits per heavy atom. The Morgan fingerprint density at radius 1 is 1.13 bits per heavy atom. The van der Waals surface area contributed by atoms with Crippen molar-refractivity contribution in [1.29, 1.82) is 0 Å². The molecule has 0 fully saturated rings. The Bertz CT molecular complexity index is 228. The van der Waals surface area contributed by atoms with Crippen molar-refractivity contribution in [2.24, 2.45) is 0 Å². The number of carbonyl (C=O) groups is 1. The molecule has 0 unspecified atom stereocenters. The van der Waals surface area contributed by atoms with Crippen molar-refractivity contribution in [3.05, 3.63) is 12.8 Å². The number of hydrogen-bond acceptors (Lipinski definition) is 3. The summed E-state index contributed by atoms with van der Waals surface area (Å²) in [6, 6.07) is 0. The van der Waals surface area contributed by atoms with E-state index in [0.29, 0.717) is 6.26 Å². The molecule has 0 saturated heterocycles. The summed E-state index contributed by atoms with van der Waals surface area (Å²) >= 11 is 0. The van der Waals surface area contributed by atoms with Crippen LogP contribution in [0.4, 0.5) is 31.1 Å². The van der Waals surface area contributed by atoms with E-state index in [0.717, 1.165) is 0 Å². The van der Waals surface area contributed by atoms with Crippen molar-refractivity contribution in [3.63, 3.8) is 0 Å². The maximum Gasteiger partial charge on any atom is 0.514 e. The first-order valence-corrected chi connectivity index (χ1v) is 3.20. The largest absolute Gasteiger partial charge is 0.514 e. The van der Waals surface area contributed by atoms with Gasteiger partial charge >= 0.3 is 18.5 Å². The summed E-state index contributed by atoms with van der Waals surface area (Å²) < 4.78 is 77.0. The van der Waals surface area contributed by atoms with Crippen molar-refractivity contribution < 1.29 is 40.6 Å². The molecule has 0 amide bonds. The van der Waals surface area contributed by atoms with Crippen LogP contribution in [0, 0.1) is 0 Å². The van der Waals surface area contributed by atoms with Crippen LogP contribution in [-0.4, -0.2) is 24.6 Å². The highest BCUT2D eigenvalue weighted by atomic mass is 19.4. The lowest BCUT2D eigenvalue weighted by atomic mass is 10.3. The van der Waals surface area contributed by atoms with Crippen LogP contribution >= 0.6 is 0 Å². The predicted octanol–water partition coefficient (Wildman–Crippen LogP) is 2.78. The molecule has 0 bridgehead atoms. The molecule has 0 N–H and O–H groups in total. The van der Waals surface area contributed by atoms with Crippen molar-refractivity contribution in [3.8, 4) is 0 Å². The molecule has 88 valence electrons. The van der Waals surface area contributed by atoms with E-state index in [4.69, 9.17) is 0 Å². The van der Waals surface area contributed by atoms with E-state index in [1.165, 1.54) is 0 Å². The number of rotatable bonds is 2. The third-order valence-corrected chi connectivity index (χ3v) is 0.988. The van der Waals surface area contributed by atoms with E-state index < -0.39 is 24.6 Å². The molecule has 0 aromatic rings. The molecule has 0 spiro atoms. The Balaban J connectivity index is 4.68. The van der Waals surface area contributed by atoms with Gasteiger partial charge in [-0.15, -0.1) is 0 Å². The van der Waals surface area contributed by atoms with Gasteiger partial charge in [0, 0.05) is 0 Å². The number of halogens is 6. The van der Waals surface area contributed by atoms with Crippen LogP contribution in [0.1, 0.15) is 0 Å². The maximum absolute atomic E-state index is 11.7. The second-order valence-electron chi connectivity index (χ2n) is 2.12. The number of carbonyl (C=O) groups excluding carboxylic acids is 1. The molecular weight excluding hydrogens is 234 g/mol. The van der Waals surface area contributed by atoms with Crippen LogP contribution in [0.15, 0.2) is 12.8 Å². The van der Waals surface area contributed by atoms with Gasteiger partial charge in [-0.05, 0) is 0 Å². The van der Waals surface area contributed by atoms with Crippen LogP contribution in [0.5, 0.6) is 0 Å². The van der Waals surface area contributed by atoms with Crippen molar-refractivity contribution >= 4 is 6.16 Å². The molecule has 0 aliphatic carbocycles. The third kappa shape index (κ3) is 4.56. The minimum absolute atomic E-state index is 0.339. The van der Waals surface area contributed by atoms with Gasteiger partial charge < -0.3 is 9.47 Å². The quantitative estimate of drug-likeness (QED) is 0.421. The van der Waals surface area contributed by atoms with Gasteiger partial charge in [0.05, 0.1) is 6.26 Å². The van der Waals surface area contributed by atoms with Gasteiger partial charge in [0.25, 0.3) is 6.10 Å². The first kappa shape index (κ1) is 13.6. The van der Waals surface area contributed by atoms with Crippen LogP contribution in [0.3, 0.4) is 0 Å². The Kier molecular flexibility index (Phi) is 3.99. The third-order valence-electron chi connectivity index (χ3n) is 0.988. The summed E-state index contributed by atoms with van der Waals surface area (Å²) in [5.74, 6) is 0. The van der Waals surface area contributed by atoms with Crippen molar-refractivity contribution in [2.75, 3.05) is 0 Å². The second kappa shape index (κ2) is 4.41. The van der Waals surface area contributed by atoms with E-state index in [2.05, 4.69) is 16.1 Å². The van der Waals surface area contributed by atoms with Gasteiger partial charge in [0.1, 0.15) is 0 Å². The van der Waals surface area contributed by atoms with Crippen LogP contribution in [0.25, 0.3) is 0 Å². The van der Waals surface area contributed by atoms with Gasteiger partial charge in [-0.2, -0.15) is 26.3 Å². The molecule has 15 heavy (non-hydrogen) atoms. The molecule has 3 nitrogen and oxygen atoms in total. The molecule has 0 atom stereocenters. The lowest BCUT2D eigenvalue weighted by molar-refractivity contribution is -0.309. The second-order valence-corrected chi connectivity index (χ2v) is 2.12. The molecule has 0 saturated carbocycles. The molecule has 0 aromatic heterocycles. The van der Waals surface area contributed by atoms with Crippen LogP contribution < -0.4 is 0 Å². The zero-order chi connectivity index (χ0) is 12.3. The van der Waals surface area contributed by atoms with Gasteiger partial charge in [0.2, 0.25) is 0 Å². The molecule has 0 rings (SSSR count). The zero-order valence-electron chi connectivity index (χ0n) is 6.85. The summed E-state index contributed by atoms with van der Waals surface area (Å²) in [5.41, 5.74) is 0. The first-order chi connectivity index (χ1) is 6.59. The Morgan fingerprint density at radius 3 is 1.80 bits per heavy atom. The van der Waals surface area contributed by atoms with Crippen molar-refractivity contribution in [2.45, 2.75) is 18.5 Å². The molecule has 9 heteroatoms. The average molecular weight is 238 g/mol. The highest BCUT2D eigenvalue weighted by Crippen LogP contribution is 2.35. The minimum atomic E-state index is -5.75. The topological polar surface area (TPSA) is 35.5 Å². The number of alkyl halides is 6. The highest BCUT2D eigenvalue weighted by Gasteiger charge is 2.60. The van der Waals surface area contributed by atoms with Gasteiger partial charge in [-0.25, -0.2) is 4.79 Å². The van der Waals surface area contributed by atoms with Gasteiger partial charge in [-0.3, -0.25) is 0 Å². The van der Waals surface area contributed by atoms with Gasteiger partial charge in [0.15, 0.2) is 0 Å². The fourth-order valence-corrected chi connectivity index (χ4v) is 0.511. The minimum Gasteiger partial charge on any atom is -0.411 e. The Labute approximate surface area is 79.3 Å². The summed E-state index contributed by atoms with van der Waals surface area (Å²) in [6.45, 7) is 2.75. The van der Waals surface area contributed by atoms with E-state index >= 15 is 0 Å². The molecule has 0 radical (unpaired) electrons. The lowest BCUT2D eigenvalue weighted by Crippen LogP contribution is -2.45. The molecule has 0 aliphatic rings. The zero-order valence-corrected chi connectivity index (χ0v) is 6.85. The monoisotopic (exact) mass is 238 g/mol. The fraction of sp³-hybridized carbons (Fsp3) is 0.500. The molecule has 0 heterocycles. The molecule has 0 aliphatic heterocycles. The van der Waals surface area contributed by atoms with Crippen LogP contribution in [-0.2, 0) is 9.47 Å². The predicted molar refractivity (Wildman–Crippen MR) is 33.7 cm³/mol. The lowest BCUT2D eigenvalue weighted by Gasteiger charge is -2.21.